The quantitative estimate of drug-likeness (QED) is 0.654. The van der Waals surface area contributed by atoms with Crippen LogP contribution in [0.5, 0.6) is 0 Å². The van der Waals surface area contributed by atoms with Crippen LogP contribution in [0.2, 0.25) is 0 Å². The smallest absolute Gasteiger partial charge is 0.263 e. The van der Waals surface area contributed by atoms with Crippen LogP contribution in [0.25, 0.3) is 0 Å². The molecule has 0 radical (unpaired) electrons. The van der Waals surface area contributed by atoms with Gasteiger partial charge in [0.25, 0.3) is 5.91 Å². The number of carbonyl (C=O) groups is 1. The van der Waals surface area contributed by atoms with Crippen molar-refractivity contribution in [1.29, 1.82) is 0 Å². The molecule has 0 aromatic carbocycles. The molecule has 0 fully saturated rings. The zero-order valence-corrected chi connectivity index (χ0v) is 13.3. The van der Waals surface area contributed by atoms with Crippen LogP contribution in [0, 0.1) is 11.8 Å². The van der Waals surface area contributed by atoms with Crippen LogP contribution in [0.3, 0.4) is 0 Å². The van der Waals surface area contributed by atoms with E-state index < -0.39 is 0 Å². The van der Waals surface area contributed by atoms with Gasteiger partial charge in [-0.1, -0.05) is 25.2 Å². The number of thiazole rings is 1. The molecule has 0 bridgehead atoms. The van der Waals surface area contributed by atoms with E-state index >= 15 is 0 Å². The molecule has 1 atom stereocenters. The number of aliphatic hydroxyl groups excluding tert-OH is 1. The molecule has 114 valence electrons. The second-order valence-corrected chi connectivity index (χ2v) is 6.31. The average molecular weight is 299 g/mol. The normalized spacial score (nSPS) is 12.4. The molecule has 6 heteroatoms. The molecule has 0 aliphatic rings. The third-order valence-corrected chi connectivity index (χ3v) is 3.90. The van der Waals surface area contributed by atoms with Gasteiger partial charge in [-0.15, -0.1) is 0 Å². The lowest BCUT2D eigenvalue weighted by atomic mass is 9.94. The summed E-state index contributed by atoms with van der Waals surface area (Å²) in [5.74, 6) is 0.802. The van der Waals surface area contributed by atoms with Crippen molar-refractivity contribution < 1.29 is 9.90 Å². The molecule has 1 amide bonds. The zero-order valence-electron chi connectivity index (χ0n) is 12.5. The fraction of sp³-hybridized carbons (Fsp3) is 0.714. The molecule has 20 heavy (non-hydrogen) atoms. The van der Waals surface area contributed by atoms with Crippen molar-refractivity contribution in [2.75, 3.05) is 25.0 Å². The van der Waals surface area contributed by atoms with E-state index in [4.69, 9.17) is 5.11 Å². The summed E-state index contributed by atoms with van der Waals surface area (Å²) in [6.07, 6.45) is 3.33. The van der Waals surface area contributed by atoms with Crippen LogP contribution in [0.15, 0.2) is 6.20 Å². The number of amides is 1. The summed E-state index contributed by atoms with van der Waals surface area (Å²) in [4.78, 5) is 16.8. The Morgan fingerprint density at radius 1 is 1.50 bits per heavy atom. The fourth-order valence-electron chi connectivity index (χ4n) is 2.09. The Labute approximate surface area is 124 Å². The Morgan fingerprint density at radius 2 is 2.25 bits per heavy atom. The third kappa shape index (κ3) is 5.88. The number of carbonyl (C=O) groups excluding carboxylic acids is 1. The van der Waals surface area contributed by atoms with Gasteiger partial charge in [-0.3, -0.25) is 4.79 Å². The molecule has 0 aliphatic heterocycles. The first-order chi connectivity index (χ1) is 9.56. The lowest BCUT2D eigenvalue weighted by Crippen LogP contribution is -2.30. The predicted molar refractivity (Wildman–Crippen MR) is 83.3 cm³/mol. The lowest BCUT2D eigenvalue weighted by Gasteiger charge is -2.18. The van der Waals surface area contributed by atoms with Gasteiger partial charge in [-0.25, -0.2) is 4.98 Å². The highest BCUT2D eigenvalue weighted by atomic mass is 32.1. The van der Waals surface area contributed by atoms with Gasteiger partial charge in [0.1, 0.15) is 4.88 Å². The number of anilines is 1. The fourth-order valence-corrected chi connectivity index (χ4v) is 2.89. The van der Waals surface area contributed by atoms with E-state index in [9.17, 15) is 4.79 Å². The van der Waals surface area contributed by atoms with Crippen LogP contribution in [0.1, 0.15) is 43.3 Å². The molecule has 0 spiro atoms. The maximum absolute atomic E-state index is 12.0. The van der Waals surface area contributed by atoms with Crippen molar-refractivity contribution >= 4 is 22.4 Å². The minimum absolute atomic E-state index is 0.0849. The molecule has 1 aromatic heterocycles. The van der Waals surface area contributed by atoms with E-state index in [0.29, 0.717) is 23.3 Å². The Morgan fingerprint density at radius 3 is 2.85 bits per heavy atom. The number of hydrogen-bond donors (Lipinski definition) is 3. The van der Waals surface area contributed by atoms with E-state index in [1.165, 1.54) is 11.3 Å². The second-order valence-electron chi connectivity index (χ2n) is 5.28. The molecule has 3 N–H and O–H groups in total. The number of aromatic nitrogens is 1. The monoisotopic (exact) mass is 299 g/mol. The molecule has 0 saturated carbocycles. The minimum atomic E-state index is -0.0849. The first-order valence-corrected chi connectivity index (χ1v) is 7.97. The van der Waals surface area contributed by atoms with Gasteiger partial charge < -0.3 is 15.7 Å². The van der Waals surface area contributed by atoms with Crippen LogP contribution < -0.4 is 10.6 Å². The molecular formula is C14H25N3O2S. The average Bonchev–Trinajstić information content (AvgIpc) is 2.84. The number of hydrogen-bond acceptors (Lipinski definition) is 5. The van der Waals surface area contributed by atoms with Crippen LogP contribution in [0.4, 0.5) is 5.13 Å². The van der Waals surface area contributed by atoms with Crippen LogP contribution >= 0.6 is 11.3 Å². The standard InChI is InChI=1S/C14H25N3O2S/c1-4-15-14-17-9-12(20-14)13(19)16-8-11(5-6-18)7-10(2)3/h9-11,18H,4-8H2,1-3H3,(H,15,17)(H,16,19). The van der Waals surface area contributed by atoms with Gasteiger partial charge in [0.2, 0.25) is 0 Å². The van der Waals surface area contributed by atoms with Crippen LogP contribution in [-0.2, 0) is 0 Å². The summed E-state index contributed by atoms with van der Waals surface area (Å²) in [5.41, 5.74) is 0. The van der Waals surface area contributed by atoms with Crippen molar-refractivity contribution in [2.45, 2.75) is 33.6 Å². The number of aliphatic hydroxyl groups is 1. The van der Waals surface area contributed by atoms with Gasteiger partial charge >= 0.3 is 0 Å². The Bertz CT molecular complexity index is 407. The first kappa shape index (κ1) is 16.9. The van der Waals surface area contributed by atoms with Crippen molar-refractivity contribution in [2.24, 2.45) is 11.8 Å². The van der Waals surface area contributed by atoms with Crippen molar-refractivity contribution in [3.8, 4) is 0 Å². The first-order valence-electron chi connectivity index (χ1n) is 7.15. The highest BCUT2D eigenvalue weighted by Gasteiger charge is 2.14. The number of nitrogens with zero attached hydrogens (tertiary/aromatic N) is 1. The van der Waals surface area contributed by atoms with Gasteiger partial charge in [-0.2, -0.15) is 0 Å². The van der Waals surface area contributed by atoms with E-state index in [-0.39, 0.29) is 12.5 Å². The molecule has 1 heterocycles. The molecule has 1 unspecified atom stereocenters. The van der Waals surface area contributed by atoms with E-state index in [1.807, 2.05) is 6.92 Å². The molecule has 5 nitrogen and oxygen atoms in total. The summed E-state index contributed by atoms with van der Waals surface area (Å²) in [7, 11) is 0. The van der Waals surface area contributed by atoms with Crippen molar-refractivity contribution in [3.63, 3.8) is 0 Å². The lowest BCUT2D eigenvalue weighted by molar-refractivity contribution is 0.0945. The van der Waals surface area contributed by atoms with E-state index in [2.05, 4.69) is 29.5 Å². The number of rotatable bonds is 9. The predicted octanol–water partition coefficient (Wildman–Crippen LogP) is 2.35. The summed E-state index contributed by atoms with van der Waals surface area (Å²) < 4.78 is 0. The Hall–Kier alpha value is -1.14. The molecular weight excluding hydrogens is 274 g/mol. The summed E-state index contributed by atoms with van der Waals surface area (Å²) in [5, 5.41) is 15.9. The largest absolute Gasteiger partial charge is 0.396 e. The minimum Gasteiger partial charge on any atom is -0.396 e. The Balaban J connectivity index is 2.46. The van der Waals surface area contributed by atoms with Crippen molar-refractivity contribution in [3.05, 3.63) is 11.1 Å². The van der Waals surface area contributed by atoms with Gasteiger partial charge in [-0.05, 0) is 31.6 Å². The summed E-state index contributed by atoms with van der Waals surface area (Å²) in [6.45, 7) is 7.86. The maximum Gasteiger partial charge on any atom is 0.263 e. The second kappa shape index (κ2) is 8.92. The highest BCUT2D eigenvalue weighted by Crippen LogP contribution is 2.18. The Kier molecular flexibility index (Phi) is 7.54. The number of nitrogens with one attached hydrogen (secondary N) is 2. The van der Waals surface area contributed by atoms with E-state index in [0.717, 1.165) is 24.5 Å². The van der Waals surface area contributed by atoms with E-state index in [1.54, 1.807) is 6.20 Å². The third-order valence-electron chi connectivity index (χ3n) is 2.95. The highest BCUT2D eigenvalue weighted by molar-refractivity contribution is 7.17. The van der Waals surface area contributed by atoms with Gasteiger partial charge in [0.05, 0.1) is 6.20 Å². The van der Waals surface area contributed by atoms with Gasteiger partial charge in [0, 0.05) is 19.7 Å². The van der Waals surface area contributed by atoms with Gasteiger partial charge in [0.15, 0.2) is 5.13 Å². The molecule has 1 rings (SSSR count). The molecule has 0 saturated heterocycles. The summed E-state index contributed by atoms with van der Waals surface area (Å²) >= 11 is 1.36. The topological polar surface area (TPSA) is 74.2 Å². The maximum atomic E-state index is 12.0. The SMILES string of the molecule is CCNc1ncc(C(=O)NCC(CCO)CC(C)C)s1. The molecule has 1 aromatic rings. The zero-order chi connectivity index (χ0) is 15.0. The molecule has 0 aliphatic carbocycles. The van der Waals surface area contributed by atoms with Crippen molar-refractivity contribution in [1.82, 2.24) is 10.3 Å². The summed E-state index contributed by atoms with van der Waals surface area (Å²) in [6, 6.07) is 0. The van der Waals surface area contributed by atoms with Crippen LogP contribution in [-0.4, -0.2) is 35.7 Å².